The number of hydrogen-bond acceptors (Lipinski definition) is 4. The van der Waals surface area contributed by atoms with Crippen molar-refractivity contribution < 1.29 is 17.9 Å². The smallest absolute Gasteiger partial charge is 0.324 e. The maximum atomic E-state index is 12.1. The largest absolute Gasteiger partial charge is 0.468 e. The highest BCUT2D eigenvalue weighted by Crippen LogP contribution is 2.15. The van der Waals surface area contributed by atoms with Crippen LogP contribution in [0.5, 0.6) is 0 Å². The summed E-state index contributed by atoms with van der Waals surface area (Å²) in [6, 6.07) is 4.77. The first-order valence-electron chi connectivity index (χ1n) is 5.63. The van der Waals surface area contributed by atoms with Gasteiger partial charge in [0, 0.05) is 5.02 Å². The van der Waals surface area contributed by atoms with Crippen molar-refractivity contribution >= 4 is 27.6 Å². The van der Waals surface area contributed by atoms with Crippen LogP contribution in [0.4, 0.5) is 0 Å². The minimum absolute atomic E-state index is 0.0476. The first kappa shape index (κ1) is 15.9. The molecule has 1 unspecified atom stereocenters. The number of ether oxygens (including phenoxy) is 1. The van der Waals surface area contributed by atoms with Crippen molar-refractivity contribution in [2.45, 2.75) is 24.8 Å². The summed E-state index contributed by atoms with van der Waals surface area (Å²) in [5, 5.41) is 0.437. The monoisotopic (exact) mass is 305 g/mol. The van der Waals surface area contributed by atoms with Gasteiger partial charge < -0.3 is 4.74 Å². The Balaban J connectivity index is 3.00. The van der Waals surface area contributed by atoms with Gasteiger partial charge in [-0.25, -0.2) is 8.42 Å². The molecule has 0 spiro atoms. The number of benzene rings is 1. The number of nitrogens with one attached hydrogen (secondary N) is 1. The number of esters is 1. The second-order valence-corrected chi connectivity index (χ2v) is 6.47. The SMILES string of the molecule is COC(=O)C(NS(=O)(=O)c1ccc(Cl)cc1)C(C)C. The van der Waals surface area contributed by atoms with Crippen molar-refractivity contribution in [2.24, 2.45) is 5.92 Å². The van der Waals surface area contributed by atoms with Crippen LogP contribution >= 0.6 is 11.6 Å². The van der Waals surface area contributed by atoms with Crippen LogP contribution in [-0.4, -0.2) is 27.5 Å². The number of carbonyl (C=O) groups excluding carboxylic acids is 1. The maximum absolute atomic E-state index is 12.1. The maximum Gasteiger partial charge on any atom is 0.324 e. The van der Waals surface area contributed by atoms with Gasteiger partial charge in [-0.15, -0.1) is 0 Å². The van der Waals surface area contributed by atoms with Gasteiger partial charge >= 0.3 is 5.97 Å². The van der Waals surface area contributed by atoms with Crippen molar-refractivity contribution in [3.8, 4) is 0 Å². The molecule has 19 heavy (non-hydrogen) atoms. The van der Waals surface area contributed by atoms with Crippen LogP contribution in [0.15, 0.2) is 29.2 Å². The molecule has 1 rings (SSSR count). The van der Waals surface area contributed by atoms with Crippen molar-refractivity contribution in [3.05, 3.63) is 29.3 Å². The van der Waals surface area contributed by atoms with E-state index in [0.717, 1.165) is 0 Å². The highest BCUT2D eigenvalue weighted by atomic mass is 35.5. The van der Waals surface area contributed by atoms with Crippen LogP contribution < -0.4 is 4.72 Å². The number of halogens is 1. The van der Waals surface area contributed by atoms with Crippen molar-refractivity contribution in [1.82, 2.24) is 4.72 Å². The van der Waals surface area contributed by atoms with Crippen molar-refractivity contribution in [2.75, 3.05) is 7.11 Å². The van der Waals surface area contributed by atoms with Crippen LogP contribution in [-0.2, 0) is 19.6 Å². The van der Waals surface area contributed by atoms with Crippen LogP contribution in [0.1, 0.15) is 13.8 Å². The number of methoxy groups -OCH3 is 1. The second-order valence-electron chi connectivity index (χ2n) is 4.32. The standard InChI is InChI=1S/C12H16ClNO4S/c1-8(2)11(12(15)18-3)14-19(16,17)10-6-4-9(13)5-7-10/h4-8,11,14H,1-3H3. The highest BCUT2D eigenvalue weighted by Gasteiger charge is 2.28. The molecule has 0 heterocycles. The zero-order chi connectivity index (χ0) is 14.6. The predicted molar refractivity (Wildman–Crippen MR) is 72.4 cm³/mol. The zero-order valence-corrected chi connectivity index (χ0v) is 12.5. The quantitative estimate of drug-likeness (QED) is 0.842. The molecule has 1 aromatic carbocycles. The fourth-order valence-electron chi connectivity index (χ4n) is 1.43. The third kappa shape index (κ3) is 4.19. The molecule has 5 nitrogen and oxygen atoms in total. The molecule has 7 heteroatoms. The normalized spacial score (nSPS) is 13.3. The average Bonchev–Trinajstić information content (AvgIpc) is 2.35. The fourth-order valence-corrected chi connectivity index (χ4v) is 2.89. The molecule has 0 saturated carbocycles. The summed E-state index contributed by atoms with van der Waals surface area (Å²) in [5.41, 5.74) is 0. The molecule has 0 bridgehead atoms. The number of hydrogen-bond donors (Lipinski definition) is 1. The van der Waals surface area contributed by atoms with Crippen LogP contribution in [0.2, 0.25) is 5.02 Å². The molecular formula is C12H16ClNO4S. The summed E-state index contributed by atoms with van der Waals surface area (Å²) in [6.07, 6.45) is 0. The van der Waals surface area contributed by atoms with Gasteiger partial charge in [0.1, 0.15) is 6.04 Å². The molecule has 1 N–H and O–H groups in total. The summed E-state index contributed by atoms with van der Waals surface area (Å²) in [7, 11) is -2.57. The van der Waals surface area contributed by atoms with Gasteiger partial charge in [-0.05, 0) is 30.2 Å². The van der Waals surface area contributed by atoms with E-state index in [4.69, 9.17) is 11.6 Å². The van der Waals surface area contributed by atoms with E-state index < -0.39 is 22.0 Å². The molecule has 0 amide bonds. The zero-order valence-electron chi connectivity index (χ0n) is 10.9. The van der Waals surface area contributed by atoms with E-state index in [0.29, 0.717) is 5.02 Å². The van der Waals surface area contributed by atoms with E-state index in [1.54, 1.807) is 13.8 Å². The number of carbonyl (C=O) groups is 1. The lowest BCUT2D eigenvalue weighted by Gasteiger charge is -2.19. The summed E-state index contributed by atoms with van der Waals surface area (Å²) in [4.78, 5) is 11.6. The summed E-state index contributed by atoms with van der Waals surface area (Å²) in [5.74, 6) is -0.845. The first-order valence-corrected chi connectivity index (χ1v) is 7.49. The first-order chi connectivity index (χ1) is 8.77. The molecule has 1 atom stereocenters. The van der Waals surface area contributed by atoms with Crippen LogP contribution in [0.25, 0.3) is 0 Å². The van der Waals surface area contributed by atoms with Crippen molar-refractivity contribution in [3.63, 3.8) is 0 Å². The van der Waals surface area contributed by atoms with Gasteiger partial charge in [0.25, 0.3) is 0 Å². The topological polar surface area (TPSA) is 72.5 Å². The third-order valence-corrected chi connectivity index (χ3v) is 4.24. The molecule has 0 aromatic heterocycles. The minimum Gasteiger partial charge on any atom is -0.468 e. The Hall–Kier alpha value is -1.11. The van der Waals surface area contributed by atoms with Gasteiger partial charge in [-0.3, -0.25) is 4.79 Å². The Labute approximate surface area is 118 Å². The highest BCUT2D eigenvalue weighted by molar-refractivity contribution is 7.89. The lowest BCUT2D eigenvalue weighted by Crippen LogP contribution is -2.44. The average molecular weight is 306 g/mol. The molecule has 0 saturated heterocycles. The van der Waals surface area contributed by atoms with Crippen LogP contribution in [0.3, 0.4) is 0 Å². The predicted octanol–water partition coefficient (Wildman–Crippen LogP) is 1.82. The Kier molecular flexibility index (Phi) is 5.34. The number of rotatable bonds is 5. The van der Waals surface area contributed by atoms with Gasteiger partial charge in [0.2, 0.25) is 10.0 Å². The Morgan fingerprint density at radius 3 is 2.21 bits per heavy atom. The molecule has 1 aromatic rings. The number of sulfonamides is 1. The van der Waals surface area contributed by atoms with Crippen LogP contribution in [0, 0.1) is 5.92 Å². The Morgan fingerprint density at radius 2 is 1.79 bits per heavy atom. The van der Waals surface area contributed by atoms with E-state index in [1.807, 2.05) is 0 Å². The summed E-state index contributed by atoms with van der Waals surface area (Å²) < 4.78 is 31.2. The molecule has 0 aliphatic carbocycles. The van der Waals surface area contributed by atoms with Gasteiger partial charge in [-0.1, -0.05) is 25.4 Å². The van der Waals surface area contributed by atoms with E-state index in [2.05, 4.69) is 9.46 Å². The molecule has 0 aliphatic rings. The molecule has 0 fully saturated rings. The van der Waals surface area contributed by atoms with Crippen molar-refractivity contribution in [1.29, 1.82) is 0 Å². The molecular weight excluding hydrogens is 290 g/mol. The minimum atomic E-state index is -3.79. The Morgan fingerprint density at radius 1 is 1.26 bits per heavy atom. The summed E-state index contributed by atoms with van der Waals surface area (Å²) >= 11 is 5.70. The van der Waals surface area contributed by atoms with Gasteiger partial charge in [0.05, 0.1) is 12.0 Å². The molecule has 106 valence electrons. The fraction of sp³-hybridized carbons (Fsp3) is 0.417. The lowest BCUT2D eigenvalue weighted by molar-refractivity contribution is -0.143. The lowest BCUT2D eigenvalue weighted by atomic mass is 10.1. The second kappa shape index (κ2) is 6.36. The van der Waals surface area contributed by atoms with E-state index in [-0.39, 0.29) is 10.8 Å². The molecule has 0 aliphatic heterocycles. The third-order valence-electron chi connectivity index (χ3n) is 2.53. The van der Waals surface area contributed by atoms with Gasteiger partial charge in [-0.2, -0.15) is 4.72 Å². The van der Waals surface area contributed by atoms with Gasteiger partial charge in [0.15, 0.2) is 0 Å². The van der Waals surface area contributed by atoms with E-state index in [9.17, 15) is 13.2 Å². The summed E-state index contributed by atoms with van der Waals surface area (Å²) in [6.45, 7) is 3.46. The van der Waals surface area contributed by atoms with E-state index in [1.165, 1.54) is 31.4 Å². The Bertz CT molecular complexity index is 539. The molecule has 0 radical (unpaired) electrons. The van der Waals surface area contributed by atoms with E-state index >= 15 is 0 Å².